The molecule has 0 unspecified atom stereocenters. The fourth-order valence-electron chi connectivity index (χ4n) is 2.37. The number of benzene rings is 1. The molecule has 1 heterocycles. The minimum Gasteiger partial charge on any atom is -0.396 e. The smallest absolute Gasteiger partial charge is 0.243 e. The van der Waals surface area contributed by atoms with Crippen molar-refractivity contribution in [3.05, 3.63) is 35.7 Å². The topological polar surface area (TPSA) is 63.4 Å². The Morgan fingerprint density at radius 1 is 1.29 bits per heavy atom. The van der Waals surface area contributed by atoms with Gasteiger partial charge in [-0.15, -0.1) is 0 Å². The summed E-state index contributed by atoms with van der Waals surface area (Å²) in [6.07, 6.45) is 2.65. The maximum absolute atomic E-state index is 13.5. The normalized spacial score (nSPS) is 17.6. The molecule has 116 valence electrons. The molecular formula is C15H21FN2O2S. The van der Waals surface area contributed by atoms with Crippen molar-refractivity contribution in [2.45, 2.75) is 32.1 Å². The van der Waals surface area contributed by atoms with Gasteiger partial charge in [-0.1, -0.05) is 32.4 Å². The van der Waals surface area contributed by atoms with E-state index in [0.717, 1.165) is 6.07 Å². The number of hydrogen-bond acceptors (Lipinski definition) is 3. The number of anilines is 1. The number of sulfonamides is 1. The number of hydrogen-bond donors (Lipinski definition) is 1. The molecule has 2 N–H and O–H groups in total. The predicted molar refractivity (Wildman–Crippen MR) is 81.7 cm³/mol. The van der Waals surface area contributed by atoms with E-state index in [4.69, 9.17) is 5.73 Å². The van der Waals surface area contributed by atoms with Crippen LogP contribution in [-0.4, -0.2) is 25.8 Å². The lowest BCUT2D eigenvalue weighted by Gasteiger charge is -2.31. The van der Waals surface area contributed by atoms with Crippen molar-refractivity contribution in [1.82, 2.24) is 4.31 Å². The van der Waals surface area contributed by atoms with E-state index in [9.17, 15) is 12.8 Å². The van der Waals surface area contributed by atoms with Gasteiger partial charge in [0.15, 0.2) is 0 Å². The van der Waals surface area contributed by atoms with Gasteiger partial charge in [0.05, 0.1) is 10.6 Å². The van der Waals surface area contributed by atoms with Gasteiger partial charge >= 0.3 is 0 Å². The molecule has 1 aliphatic rings. The minimum atomic E-state index is -3.68. The van der Waals surface area contributed by atoms with Gasteiger partial charge < -0.3 is 5.73 Å². The number of halogens is 1. The van der Waals surface area contributed by atoms with Gasteiger partial charge in [-0.05, 0) is 30.0 Å². The molecule has 0 atom stereocenters. The van der Waals surface area contributed by atoms with Crippen molar-refractivity contribution in [2.75, 3.05) is 18.8 Å². The molecule has 0 fully saturated rings. The van der Waals surface area contributed by atoms with Crippen LogP contribution < -0.4 is 5.73 Å². The largest absolute Gasteiger partial charge is 0.396 e. The predicted octanol–water partition coefficient (Wildman–Crippen LogP) is 2.77. The summed E-state index contributed by atoms with van der Waals surface area (Å²) in [6, 6.07) is 3.60. The fraction of sp³-hybridized carbons (Fsp3) is 0.467. The first kappa shape index (κ1) is 16.0. The third-order valence-corrected chi connectivity index (χ3v) is 5.61. The zero-order chi connectivity index (χ0) is 15.8. The highest BCUT2D eigenvalue weighted by atomic mass is 32.2. The van der Waals surface area contributed by atoms with Gasteiger partial charge in [0.25, 0.3) is 0 Å². The van der Waals surface area contributed by atoms with Crippen LogP contribution in [0.25, 0.3) is 0 Å². The molecule has 0 amide bonds. The van der Waals surface area contributed by atoms with Crippen LogP contribution >= 0.6 is 0 Å². The van der Waals surface area contributed by atoms with Crippen molar-refractivity contribution in [3.63, 3.8) is 0 Å². The van der Waals surface area contributed by atoms with E-state index in [1.54, 1.807) is 0 Å². The molecule has 0 saturated carbocycles. The van der Waals surface area contributed by atoms with E-state index in [2.05, 4.69) is 20.8 Å². The Hall–Kier alpha value is -1.40. The van der Waals surface area contributed by atoms with Crippen LogP contribution in [0.4, 0.5) is 10.1 Å². The van der Waals surface area contributed by atoms with Crippen LogP contribution in [0.5, 0.6) is 0 Å². The number of nitrogens with zero attached hydrogens (tertiary/aromatic N) is 1. The maximum Gasteiger partial charge on any atom is 0.243 e. The van der Waals surface area contributed by atoms with E-state index >= 15 is 0 Å². The third kappa shape index (κ3) is 3.27. The Balaban J connectivity index is 2.26. The average molecular weight is 312 g/mol. The van der Waals surface area contributed by atoms with E-state index in [1.165, 1.54) is 22.0 Å². The zero-order valence-electron chi connectivity index (χ0n) is 12.6. The maximum atomic E-state index is 13.5. The molecule has 0 spiro atoms. The summed E-state index contributed by atoms with van der Waals surface area (Å²) >= 11 is 0. The molecule has 0 aromatic heterocycles. The molecule has 6 heteroatoms. The molecule has 1 aliphatic heterocycles. The molecule has 1 aromatic carbocycles. The molecule has 1 aromatic rings. The average Bonchev–Trinajstić information content (AvgIpc) is 2.41. The Kier molecular flexibility index (Phi) is 4.13. The van der Waals surface area contributed by atoms with Gasteiger partial charge in [-0.2, -0.15) is 4.31 Å². The van der Waals surface area contributed by atoms with E-state index in [-0.39, 0.29) is 16.0 Å². The summed E-state index contributed by atoms with van der Waals surface area (Å²) in [5.74, 6) is -0.709. The van der Waals surface area contributed by atoms with Crippen molar-refractivity contribution in [1.29, 1.82) is 0 Å². The van der Waals surface area contributed by atoms with Crippen LogP contribution in [0.2, 0.25) is 0 Å². The van der Waals surface area contributed by atoms with Crippen LogP contribution in [0, 0.1) is 11.2 Å². The van der Waals surface area contributed by atoms with Gasteiger partial charge in [-0.3, -0.25) is 0 Å². The number of nitrogens with two attached hydrogens (primary N) is 1. The number of rotatable bonds is 2. The SMILES string of the molecule is CC(C)(C)C1=CCN(S(=O)(=O)c2ccc(N)c(F)c2)CC1. The Bertz CT molecular complexity index is 675. The lowest BCUT2D eigenvalue weighted by molar-refractivity contribution is 0.389. The van der Waals surface area contributed by atoms with Crippen molar-refractivity contribution in [3.8, 4) is 0 Å². The lowest BCUT2D eigenvalue weighted by Crippen LogP contribution is -2.36. The summed E-state index contributed by atoms with van der Waals surface area (Å²) < 4.78 is 39.8. The first-order valence-corrected chi connectivity index (χ1v) is 8.31. The third-order valence-electron chi connectivity index (χ3n) is 3.74. The van der Waals surface area contributed by atoms with Gasteiger partial charge in [-0.25, -0.2) is 12.8 Å². The Morgan fingerprint density at radius 2 is 1.95 bits per heavy atom. The second kappa shape index (κ2) is 5.42. The summed E-state index contributed by atoms with van der Waals surface area (Å²) in [5, 5.41) is 0. The first-order chi connectivity index (χ1) is 9.62. The summed E-state index contributed by atoms with van der Waals surface area (Å²) in [4.78, 5) is -0.0539. The Morgan fingerprint density at radius 3 is 2.43 bits per heavy atom. The summed E-state index contributed by atoms with van der Waals surface area (Å²) in [6.45, 7) is 7.06. The highest BCUT2D eigenvalue weighted by Crippen LogP contribution is 2.31. The van der Waals surface area contributed by atoms with Gasteiger partial charge in [0.1, 0.15) is 5.82 Å². The van der Waals surface area contributed by atoms with Crippen LogP contribution in [-0.2, 0) is 10.0 Å². The molecule has 0 bridgehead atoms. The number of nitrogen functional groups attached to an aromatic ring is 1. The molecule has 0 radical (unpaired) electrons. The first-order valence-electron chi connectivity index (χ1n) is 6.87. The van der Waals surface area contributed by atoms with Crippen LogP contribution in [0.3, 0.4) is 0 Å². The lowest BCUT2D eigenvalue weighted by atomic mass is 9.83. The fourth-order valence-corrected chi connectivity index (χ4v) is 3.76. The Labute approximate surface area is 125 Å². The molecule has 21 heavy (non-hydrogen) atoms. The van der Waals surface area contributed by atoms with Crippen molar-refractivity contribution in [2.24, 2.45) is 5.41 Å². The molecule has 0 saturated heterocycles. The highest BCUT2D eigenvalue weighted by molar-refractivity contribution is 7.89. The summed E-state index contributed by atoms with van der Waals surface area (Å²) in [7, 11) is -3.68. The zero-order valence-corrected chi connectivity index (χ0v) is 13.4. The van der Waals surface area contributed by atoms with Crippen LogP contribution in [0.15, 0.2) is 34.7 Å². The second-order valence-electron chi connectivity index (χ2n) is 6.28. The van der Waals surface area contributed by atoms with Crippen LogP contribution in [0.1, 0.15) is 27.2 Å². The van der Waals surface area contributed by atoms with Gasteiger partial charge in [0, 0.05) is 13.1 Å². The van der Waals surface area contributed by atoms with Crippen molar-refractivity contribution < 1.29 is 12.8 Å². The van der Waals surface area contributed by atoms with Gasteiger partial charge in [0.2, 0.25) is 10.0 Å². The summed E-state index contributed by atoms with van der Waals surface area (Å²) in [5.41, 5.74) is 6.62. The minimum absolute atomic E-state index is 0.0448. The van der Waals surface area contributed by atoms with E-state index in [0.29, 0.717) is 19.5 Å². The second-order valence-corrected chi connectivity index (χ2v) is 8.21. The van der Waals surface area contributed by atoms with E-state index in [1.807, 2.05) is 6.08 Å². The molecule has 0 aliphatic carbocycles. The van der Waals surface area contributed by atoms with E-state index < -0.39 is 15.8 Å². The quantitative estimate of drug-likeness (QED) is 0.674. The molecular weight excluding hydrogens is 291 g/mol. The standard InChI is InChI=1S/C15H21FN2O2S/c1-15(2,3)11-6-8-18(9-7-11)21(19,20)12-4-5-14(17)13(16)10-12/h4-6,10H,7-9,17H2,1-3H3. The molecule has 2 rings (SSSR count). The molecule has 4 nitrogen and oxygen atoms in total. The monoisotopic (exact) mass is 312 g/mol. The van der Waals surface area contributed by atoms with Crippen molar-refractivity contribution >= 4 is 15.7 Å². The highest BCUT2D eigenvalue weighted by Gasteiger charge is 2.29.